The predicted octanol–water partition coefficient (Wildman–Crippen LogP) is 4.55. The Labute approximate surface area is 129 Å². The predicted molar refractivity (Wildman–Crippen MR) is 90.8 cm³/mol. The summed E-state index contributed by atoms with van der Waals surface area (Å²) < 4.78 is 0. The molecule has 0 saturated carbocycles. The highest BCUT2D eigenvalue weighted by atomic mass is 32.1. The van der Waals surface area contributed by atoms with Crippen molar-refractivity contribution >= 4 is 46.8 Å². The van der Waals surface area contributed by atoms with Crippen molar-refractivity contribution in [3.8, 4) is 0 Å². The molecule has 1 N–H and O–H groups in total. The molecule has 104 valence electrons. The van der Waals surface area contributed by atoms with Crippen LogP contribution in [-0.2, 0) is 4.79 Å². The Morgan fingerprint density at radius 3 is 2.57 bits per heavy atom. The molecule has 2 aromatic carbocycles. The van der Waals surface area contributed by atoms with Gasteiger partial charge in [-0.05, 0) is 23.8 Å². The van der Waals surface area contributed by atoms with Gasteiger partial charge >= 0.3 is 0 Å². The maximum atomic E-state index is 11.2. The molecule has 0 fully saturated rings. The number of hydrogen-bond donors (Lipinski definition) is 1. The molecule has 0 aliphatic heterocycles. The lowest BCUT2D eigenvalue weighted by atomic mass is 10.1. The number of nitrogens with one attached hydrogen (secondary N) is 1. The monoisotopic (exact) mass is 294 g/mol. The summed E-state index contributed by atoms with van der Waals surface area (Å²) in [7, 11) is 0. The fourth-order valence-electron chi connectivity index (χ4n) is 1.91. The van der Waals surface area contributed by atoms with Gasteiger partial charge in [0.2, 0.25) is 5.91 Å². The van der Waals surface area contributed by atoms with Crippen LogP contribution in [-0.4, -0.2) is 11.1 Å². The third-order valence-electron chi connectivity index (χ3n) is 2.79. The summed E-state index contributed by atoms with van der Waals surface area (Å²) in [6.07, 6.45) is 3.92. The summed E-state index contributed by atoms with van der Waals surface area (Å²) in [5, 5.41) is 5.10. The van der Waals surface area contributed by atoms with Crippen molar-refractivity contribution < 1.29 is 4.79 Å². The molecule has 1 amide bonds. The Kier molecular flexibility index (Phi) is 5.16. The van der Waals surface area contributed by atoms with Crippen LogP contribution in [0, 0.1) is 0 Å². The van der Waals surface area contributed by atoms with Gasteiger partial charge in [0.25, 0.3) is 0 Å². The van der Waals surface area contributed by atoms with Gasteiger partial charge in [-0.1, -0.05) is 54.6 Å². The van der Waals surface area contributed by atoms with Gasteiger partial charge in [-0.2, -0.15) is 4.99 Å². The highest BCUT2D eigenvalue weighted by Crippen LogP contribution is 2.30. The van der Waals surface area contributed by atoms with Crippen LogP contribution in [0.4, 0.5) is 11.4 Å². The second kappa shape index (κ2) is 7.29. The largest absolute Gasteiger partial charge is 0.324 e. The number of carbonyl (C=O) groups is 1. The van der Waals surface area contributed by atoms with Crippen LogP contribution in [0.2, 0.25) is 0 Å². The molecule has 21 heavy (non-hydrogen) atoms. The smallest absolute Gasteiger partial charge is 0.221 e. The Hall–Kier alpha value is -2.55. The summed E-state index contributed by atoms with van der Waals surface area (Å²) in [6.45, 7) is 1.46. The fourth-order valence-corrected chi connectivity index (χ4v) is 2.00. The van der Waals surface area contributed by atoms with Crippen molar-refractivity contribution in [3.05, 3.63) is 59.7 Å². The second-order valence-electron chi connectivity index (χ2n) is 4.37. The SMILES string of the molecule is CC(=O)Nc1cccc(C=Cc2ccccc2)c1N=C=S. The van der Waals surface area contributed by atoms with E-state index in [1.54, 1.807) is 6.07 Å². The number of anilines is 1. The lowest BCUT2D eigenvalue weighted by Gasteiger charge is -2.08. The number of thiocarbonyl (C=S) groups is 1. The third-order valence-corrected chi connectivity index (χ3v) is 2.88. The van der Waals surface area contributed by atoms with E-state index in [9.17, 15) is 4.79 Å². The Bertz CT molecular complexity index is 717. The minimum Gasteiger partial charge on any atom is -0.324 e. The van der Waals surface area contributed by atoms with Gasteiger partial charge < -0.3 is 5.32 Å². The first kappa shape index (κ1) is 14.9. The van der Waals surface area contributed by atoms with Crippen LogP contribution in [0.3, 0.4) is 0 Å². The molecule has 2 rings (SSSR count). The van der Waals surface area contributed by atoms with E-state index < -0.39 is 0 Å². The molecule has 3 nitrogen and oxygen atoms in total. The van der Waals surface area contributed by atoms with Crippen molar-refractivity contribution in [2.24, 2.45) is 4.99 Å². The van der Waals surface area contributed by atoms with E-state index in [2.05, 4.69) is 15.5 Å². The minimum atomic E-state index is -0.153. The van der Waals surface area contributed by atoms with Crippen molar-refractivity contribution in [1.82, 2.24) is 0 Å². The summed E-state index contributed by atoms with van der Waals surface area (Å²) >= 11 is 4.69. The maximum Gasteiger partial charge on any atom is 0.221 e. The van der Waals surface area contributed by atoms with Crippen molar-refractivity contribution in [2.45, 2.75) is 6.92 Å². The van der Waals surface area contributed by atoms with Gasteiger partial charge in [0.15, 0.2) is 0 Å². The van der Waals surface area contributed by atoms with Crippen molar-refractivity contribution in [1.29, 1.82) is 0 Å². The third kappa shape index (κ3) is 4.21. The second-order valence-corrected chi connectivity index (χ2v) is 4.55. The first-order valence-electron chi connectivity index (χ1n) is 6.42. The van der Waals surface area contributed by atoms with Crippen LogP contribution in [0.15, 0.2) is 53.5 Å². The zero-order chi connectivity index (χ0) is 15.1. The highest BCUT2D eigenvalue weighted by Gasteiger charge is 2.06. The number of amides is 1. The van der Waals surface area contributed by atoms with E-state index >= 15 is 0 Å². The standard InChI is InChI=1S/C17H14N2OS/c1-13(20)19-16-9-5-8-15(17(16)18-12-21)11-10-14-6-3-2-4-7-14/h2-11H,1H3,(H,19,20). The Morgan fingerprint density at radius 2 is 1.90 bits per heavy atom. The molecule has 4 heteroatoms. The summed E-state index contributed by atoms with van der Waals surface area (Å²) in [4.78, 5) is 15.3. The number of para-hydroxylation sites is 1. The first-order chi connectivity index (χ1) is 10.2. The molecule has 0 aliphatic rings. The minimum absolute atomic E-state index is 0.153. The molecule has 0 atom stereocenters. The Morgan fingerprint density at radius 1 is 1.14 bits per heavy atom. The molecule has 0 saturated heterocycles. The highest BCUT2D eigenvalue weighted by molar-refractivity contribution is 7.78. The van der Waals surface area contributed by atoms with Crippen molar-refractivity contribution in [3.63, 3.8) is 0 Å². The molecule has 0 bridgehead atoms. The molecular weight excluding hydrogens is 280 g/mol. The van der Waals surface area contributed by atoms with Gasteiger partial charge in [0.05, 0.1) is 10.8 Å². The number of hydrogen-bond acceptors (Lipinski definition) is 3. The maximum absolute atomic E-state index is 11.2. The lowest BCUT2D eigenvalue weighted by molar-refractivity contribution is -0.114. The topological polar surface area (TPSA) is 41.5 Å². The van der Waals surface area contributed by atoms with E-state index in [4.69, 9.17) is 12.2 Å². The summed E-state index contributed by atoms with van der Waals surface area (Å²) in [5.74, 6) is -0.153. The molecule has 0 heterocycles. The lowest BCUT2D eigenvalue weighted by Crippen LogP contribution is -2.06. The quantitative estimate of drug-likeness (QED) is 0.510. The van der Waals surface area contributed by atoms with E-state index in [1.165, 1.54) is 6.92 Å². The Balaban J connectivity index is 2.41. The number of isothiocyanates is 1. The molecule has 0 aliphatic carbocycles. The molecule has 0 unspecified atom stereocenters. The van der Waals surface area contributed by atoms with Gasteiger partial charge in [0, 0.05) is 12.5 Å². The van der Waals surface area contributed by atoms with Crippen LogP contribution < -0.4 is 5.32 Å². The fraction of sp³-hybridized carbons (Fsp3) is 0.0588. The number of aliphatic imine (C=N–C) groups is 1. The molecule has 0 spiro atoms. The summed E-state index contributed by atoms with van der Waals surface area (Å²) in [6, 6.07) is 15.5. The van der Waals surface area contributed by atoms with Gasteiger partial charge in [-0.25, -0.2) is 0 Å². The molecule has 0 aromatic heterocycles. The average molecular weight is 294 g/mol. The van der Waals surface area contributed by atoms with E-state index in [-0.39, 0.29) is 5.91 Å². The molecular formula is C17H14N2OS. The van der Waals surface area contributed by atoms with Crippen LogP contribution in [0.25, 0.3) is 12.2 Å². The van der Waals surface area contributed by atoms with Gasteiger partial charge in [-0.3, -0.25) is 4.79 Å². The van der Waals surface area contributed by atoms with Crippen LogP contribution in [0.1, 0.15) is 18.1 Å². The molecule has 0 radical (unpaired) electrons. The van der Waals surface area contributed by atoms with Crippen LogP contribution in [0.5, 0.6) is 0 Å². The van der Waals surface area contributed by atoms with Crippen LogP contribution >= 0.6 is 12.2 Å². The zero-order valence-corrected chi connectivity index (χ0v) is 12.4. The number of carbonyl (C=O) groups excluding carboxylic acids is 1. The van der Waals surface area contributed by atoms with Crippen molar-refractivity contribution in [2.75, 3.05) is 5.32 Å². The van der Waals surface area contributed by atoms with E-state index in [1.807, 2.05) is 54.6 Å². The number of rotatable bonds is 4. The number of benzene rings is 2. The molecule has 2 aromatic rings. The summed E-state index contributed by atoms with van der Waals surface area (Å²) in [5.41, 5.74) is 3.17. The first-order valence-corrected chi connectivity index (χ1v) is 6.83. The zero-order valence-electron chi connectivity index (χ0n) is 11.5. The average Bonchev–Trinajstić information content (AvgIpc) is 2.48. The van der Waals surface area contributed by atoms with E-state index in [0.717, 1.165) is 11.1 Å². The van der Waals surface area contributed by atoms with E-state index in [0.29, 0.717) is 11.4 Å². The normalized spacial score (nSPS) is 10.1. The number of nitrogens with zero attached hydrogens (tertiary/aromatic N) is 1. The van der Waals surface area contributed by atoms with Gasteiger partial charge in [-0.15, -0.1) is 0 Å². The van der Waals surface area contributed by atoms with Gasteiger partial charge in [0.1, 0.15) is 5.69 Å².